The van der Waals surface area contributed by atoms with Crippen LogP contribution in [0.2, 0.25) is 0 Å². The zero-order chi connectivity index (χ0) is 32.1. The molecule has 0 unspecified atom stereocenters. The lowest BCUT2D eigenvalue weighted by Crippen LogP contribution is -2.29. The molecule has 0 fully saturated rings. The van der Waals surface area contributed by atoms with Crippen LogP contribution in [0.1, 0.15) is 10.4 Å². The van der Waals surface area contributed by atoms with Gasteiger partial charge in [0, 0.05) is 29.4 Å². The Balaban J connectivity index is 1.47. The third-order valence-corrected chi connectivity index (χ3v) is 8.64. The number of para-hydroxylation sites is 1. The number of nitrogens with zero attached hydrogens (tertiary/aromatic N) is 2. The third-order valence-electron chi connectivity index (χ3n) is 5.88. The lowest BCUT2D eigenvalue weighted by atomic mass is 10.2. The highest BCUT2D eigenvalue weighted by molar-refractivity contribution is 7.93. The molecular formula is C26H22N6O10S2. The topological polar surface area (TPSA) is 229 Å². The summed E-state index contributed by atoms with van der Waals surface area (Å²) in [5.41, 5.74) is 3.39. The number of hydrogen-bond donors (Lipinski definition) is 4. The first-order chi connectivity index (χ1) is 20.8. The Labute approximate surface area is 250 Å². The van der Waals surface area contributed by atoms with E-state index in [1.54, 1.807) is 18.2 Å². The van der Waals surface area contributed by atoms with E-state index in [1.807, 2.05) is 0 Å². The van der Waals surface area contributed by atoms with Gasteiger partial charge in [-0.05, 0) is 54.6 Å². The van der Waals surface area contributed by atoms with Crippen LogP contribution in [-0.4, -0.2) is 39.7 Å². The Kier molecular flexibility index (Phi) is 8.95. The summed E-state index contributed by atoms with van der Waals surface area (Å²) in [6, 6.07) is 18.8. The van der Waals surface area contributed by atoms with E-state index in [-0.39, 0.29) is 39.0 Å². The van der Waals surface area contributed by atoms with Gasteiger partial charge in [0.2, 0.25) is 0 Å². The fourth-order valence-corrected chi connectivity index (χ4v) is 5.87. The van der Waals surface area contributed by atoms with Crippen LogP contribution >= 0.6 is 0 Å². The van der Waals surface area contributed by atoms with Gasteiger partial charge in [-0.15, -0.1) is 0 Å². The van der Waals surface area contributed by atoms with Crippen molar-refractivity contribution in [3.8, 4) is 5.75 Å². The normalized spacial score (nSPS) is 11.2. The van der Waals surface area contributed by atoms with Crippen molar-refractivity contribution in [3.05, 3.63) is 117 Å². The molecule has 4 rings (SSSR count). The largest absolute Gasteiger partial charge is 0.495 e. The lowest BCUT2D eigenvalue weighted by Gasteiger charge is -2.13. The van der Waals surface area contributed by atoms with Crippen molar-refractivity contribution in [2.75, 3.05) is 22.0 Å². The van der Waals surface area contributed by atoms with E-state index < -0.39 is 46.4 Å². The maximum absolute atomic E-state index is 12.9. The van der Waals surface area contributed by atoms with Gasteiger partial charge in [-0.2, -0.15) is 0 Å². The zero-order valence-electron chi connectivity index (χ0n) is 22.5. The van der Waals surface area contributed by atoms with Crippen molar-refractivity contribution in [1.82, 2.24) is 5.43 Å². The lowest BCUT2D eigenvalue weighted by molar-refractivity contribution is -0.384. The Hall–Kier alpha value is -5.75. The van der Waals surface area contributed by atoms with E-state index in [9.17, 15) is 41.9 Å². The molecule has 0 heterocycles. The molecule has 4 aromatic carbocycles. The molecule has 4 N–H and O–H groups in total. The Morgan fingerprint density at radius 1 is 0.727 bits per heavy atom. The molecule has 0 spiro atoms. The molecular weight excluding hydrogens is 620 g/mol. The van der Waals surface area contributed by atoms with Gasteiger partial charge in [-0.1, -0.05) is 18.2 Å². The first kappa shape index (κ1) is 31.2. The fraction of sp³-hybridized carbons (Fsp3) is 0.0385. The molecule has 0 aliphatic rings. The SMILES string of the molecule is COc1ccc([N+](=O)[O-])cc1NS(=O)(=O)c1ccc(C(=O)NNc2ccc(S(=O)(=O)Nc3ccccc3)cc2[N+](=O)[O-])cc1. The number of carbonyl (C=O) groups excluding carboxylic acids is 1. The minimum Gasteiger partial charge on any atom is -0.495 e. The second kappa shape index (κ2) is 12.6. The highest BCUT2D eigenvalue weighted by Gasteiger charge is 2.23. The van der Waals surface area contributed by atoms with Crippen molar-refractivity contribution < 1.29 is 36.2 Å². The van der Waals surface area contributed by atoms with Crippen molar-refractivity contribution in [2.24, 2.45) is 0 Å². The van der Waals surface area contributed by atoms with Gasteiger partial charge in [-0.3, -0.25) is 45.3 Å². The summed E-state index contributed by atoms with van der Waals surface area (Å²) in [4.78, 5) is 33.2. The molecule has 228 valence electrons. The van der Waals surface area contributed by atoms with Crippen LogP contribution in [-0.2, 0) is 20.0 Å². The van der Waals surface area contributed by atoms with Gasteiger partial charge >= 0.3 is 0 Å². The number of anilines is 3. The highest BCUT2D eigenvalue weighted by Crippen LogP contribution is 2.31. The van der Waals surface area contributed by atoms with Crippen LogP contribution in [0.15, 0.2) is 101 Å². The second-order valence-corrected chi connectivity index (χ2v) is 12.1. The molecule has 0 radical (unpaired) electrons. The molecule has 0 atom stereocenters. The fourth-order valence-electron chi connectivity index (χ4n) is 3.73. The van der Waals surface area contributed by atoms with Crippen LogP contribution < -0.4 is 25.0 Å². The number of nitrogens with one attached hydrogen (secondary N) is 4. The predicted octanol–water partition coefficient (Wildman–Crippen LogP) is 3.87. The molecule has 0 bridgehead atoms. The number of carbonyl (C=O) groups is 1. The Morgan fingerprint density at radius 3 is 1.98 bits per heavy atom. The highest BCUT2D eigenvalue weighted by atomic mass is 32.2. The standard InChI is InChI=1S/C26H22N6O10S2/c1-42-25-14-9-19(31(34)35)15-23(25)30-43(38,39)20-10-7-17(8-11-20)26(33)28-27-22-13-12-21(16-24(22)32(36)37)44(40,41)29-18-5-3-2-4-6-18/h2-16,27,29-30H,1H3,(H,28,33). The quantitative estimate of drug-likeness (QED) is 0.128. The van der Waals surface area contributed by atoms with Crippen molar-refractivity contribution in [2.45, 2.75) is 9.79 Å². The van der Waals surface area contributed by atoms with E-state index in [2.05, 4.69) is 20.3 Å². The summed E-state index contributed by atoms with van der Waals surface area (Å²) in [5, 5.41) is 22.7. The van der Waals surface area contributed by atoms with Crippen LogP contribution in [0, 0.1) is 20.2 Å². The molecule has 4 aromatic rings. The minimum absolute atomic E-state index is 0.0356. The van der Waals surface area contributed by atoms with Gasteiger partial charge in [0.15, 0.2) is 0 Å². The minimum atomic E-state index is -4.27. The molecule has 0 aromatic heterocycles. The molecule has 44 heavy (non-hydrogen) atoms. The summed E-state index contributed by atoms with van der Waals surface area (Å²) in [7, 11) is -7.18. The van der Waals surface area contributed by atoms with E-state index in [1.165, 1.54) is 25.3 Å². The maximum atomic E-state index is 12.9. The molecule has 0 aliphatic carbocycles. The monoisotopic (exact) mass is 642 g/mol. The molecule has 18 heteroatoms. The summed E-state index contributed by atoms with van der Waals surface area (Å²) in [5.74, 6) is -0.771. The first-order valence-electron chi connectivity index (χ1n) is 12.2. The number of nitro benzene ring substituents is 2. The van der Waals surface area contributed by atoms with Gasteiger partial charge in [-0.25, -0.2) is 16.8 Å². The average Bonchev–Trinajstić information content (AvgIpc) is 2.99. The summed E-state index contributed by atoms with van der Waals surface area (Å²) >= 11 is 0. The number of methoxy groups -OCH3 is 1. The summed E-state index contributed by atoms with van der Waals surface area (Å²) in [6.45, 7) is 0. The molecule has 0 aliphatic heterocycles. The maximum Gasteiger partial charge on any atom is 0.295 e. The molecule has 0 saturated heterocycles. The number of sulfonamides is 2. The third kappa shape index (κ3) is 7.17. The predicted molar refractivity (Wildman–Crippen MR) is 158 cm³/mol. The number of non-ortho nitro benzene ring substituents is 1. The molecule has 1 amide bonds. The Bertz CT molecular complexity index is 1950. The van der Waals surface area contributed by atoms with Crippen LogP contribution in [0.5, 0.6) is 5.75 Å². The van der Waals surface area contributed by atoms with Crippen LogP contribution in [0.25, 0.3) is 0 Å². The van der Waals surface area contributed by atoms with E-state index >= 15 is 0 Å². The number of benzene rings is 4. The van der Waals surface area contributed by atoms with Gasteiger partial charge < -0.3 is 4.74 Å². The van der Waals surface area contributed by atoms with Crippen LogP contribution in [0.4, 0.5) is 28.4 Å². The second-order valence-electron chi connectivity index (χ2n) is 8.76. The summed E-state index contributed by atoms with van der Waals surface area (Å²) < 4.78 is 60.8. The van der Waals surface area contributed by atoms with Crippen molar-refractivity contribution in [3.63, 3.8) is 0 Å². The van der Waals surface area contributed by atoms with E-state index in [0.717, 1.165) is 54.6 Å². The molecule has 16 nitrogen and oxygen atoms in total. The first-order valence-corrected chi connectivity index (χ1v) is 15.2. The van der Waals surface area contributed by atoms with Gasteiger partial charge in [0.1, 0.15) is 11.4 Å². The van der Waals surface area contributed by atoms with E-state index in [0.29, 0.717) is 0 Å². The van der Waals surface area contributed by atoms with Gasteiger partial charge in [0.25, 0.3) is 37.3 Å². The van der Waals surface area contributed by atoms with Gasteiger partial charge in [0.05, 0.1) is 32.4 Å². The zero-order valence-corrected chi connectivity index (χ0v) is 24.1. The van der Waals surface area contributed by atoms with E-state index in [4.69, 9.17) is 4.74 Å². The summed E-state index contributed by atoms with van der Waals surface area (Å²) in [6.07, 6.45) is 0. The number of amides is 1. The number of hydrazine groups is 1. The number of hydrogen-bond acceptors (Lipinski definition) is 11. The number of rotatable bonds is 12. The smallest absolute Gasteiger partial charge is 0.295 e. The van der Waals surface area contributed by atoms with Crippen LogP contribution in [0.3, 0.4) is 0 Å². The molecule has 0 saturated carbocycles. The number of ether oxygens (including phenoxy) is 1. The van der Waals surface area contributed by atoms with Crippen molar-refractivity contribution in [1.29, 1.82) is 0 Å². The van der Waals surface area contributed by atoms with Crippen molar-refractivity contribution >= 4 is 54.4 Å². The Morgan fingerprint density at radius 2 is 1.36 bits per heavy atom. The average molecular weight is 643 g/mol. The number of nitro groups is 2.